The number of fused-ring (bicyclic) bond motifs is 1. The second kappa shape index (κ2) is 3.87. The van der Waals surface area contributed by atoms with Crippen LogP contribution in [0.3, 0.4) is 0 Å². The van der Waals surface area contributed by atoms with E-state index in [2.05, 4.69) is 27.6 Å². The van der Waals surface area contributed by atoms with Crippen molar-refractivity contribution >= 4 is 39.3 Å². The molecule has 0 aliphatic heterocycles. The van der Waals surface area contributed by atoms with Crippen LogP contribution in [0.2, 0.25) is 0 Å². The molecule has 0 amide bonds. The van der Waals surface area contributed by atoms with Crippen LogP contribution in [0.4, 0.5) is 0 Å². The molecule has 0 aliphatic rings. The van der Waals surface area contributed by atoms with E-state index in [1.165, 1.54) is 0 Å². The summed E-state index contributed by atoms with van der Waals surface area (Å²) in [6, 6.07) is 6.09. The summed E-state index contributed by atoms with van der Waals surface area (Å²) in [6.07, 6.45) is 1.81. The topological polar surface area (TPSA) is 32.9 Å². The molecule has 0 aliphatic carbocycles. The lowest BCUT2D eigenvalue weighted by Gasteiger charge is -2.15. The summed E-state index contributed by atoms with van der Waals surface area (Å²) in [6.45, 7) is 5.84. The molecule has 0 radical (unpaired) electrons. The number of benzene rings is 1. The Morgan fingerprint density at radius 3 is 2.62 bits per heavy atom. The smallest absolute Gasteiger partial charge is 0.170 e. The van der Waals surface area contributed by atoms with Crippen LogP contribution >= 0.6 is 22.6 Å². The Kier molecular flexibility index (Phi) is 2.82. The number of rotatable bonds is 1. The number of nitrogens with one attached hydrogen (secondary N) is 1. The molecule has 0 fully saturated rings. The first-order valence-corrected chi connectivity index (χ1v) is 6.29. The van der Waals surface area contributed by atoms with Crippen molar-refractivity contribution in [1.29, 1.82) is 0 Å². The van der Waals surface area contributed by atoms with Gasteiger partial charge in [0.1, 0.15) is 0 Å². The van der Waals surface area contributed by atoms with Gasteiger partial charge in [0.15, 0.2) is 5.78 Å². The first-order valence-electron chi connectivity index (χ1n) is 5.21. The van der Waals surface area contributed by atoms with Crippen molar-refractivity contribution in [1.82, 2.24) is 4.98 Å². The third kappa shape index (κ3) is 2.00. The molecule has 2 rings (SSSR count). The Labute approximate surface area is 109 Å². The molecule has 0 bridgehead atoms. The van der Waals surface area contributed by atoms with Gasteiger partial charge in [0, 0.05) is 31.6 Å². The van der Waals surface area contributed by atoms with Gasteiger partial charge in [-0.25, -0.2) is 0 Å². The number of H-pyrrole nitrogens is 1. The summed E-state index contributed by atoms with van der Waals surface area (Å²) in [5.41, 5.74) is 1.48. The lowest BCUT2D eigenvalue weighted by Crippen LogP contribution is -2.19. The van der Waals surface area contributed by atoms with Gasteiger partial charge in [-0.15, -0.1) is 0 Å². The van der Waals surface area contributed by atoms with E-state index in [-0.39, 0.29) is 11.2 Å². The van der Waals surface area contributed by atoms with E-state index >= 15 is 0 Å². The summed E-state index contributed by atoms with van der Waals surface area (Å²) in [4.78, 5) is 15.4. The molecule has 84 valence electrons. The highest BCUT2D eigenvalue weighted by atomic mass is 127. The molecule has 0 saturated heterocycles. The molecular formula is C13H14INO. The summed E-state index contributed by atoms with van der Waals surface area (Å²) in [7, 11) is 0. The van der Waals surface area contributed by atoms with Crippen LogP contribution in [0.1, 0.15) is 31.1 Å². The zero-order valence-corrected chi connectivity index (χ0v) is 11.8. The second-order valence-electron chi connectivity index (χ2n) is 4.97. The monoisotopic (exact) mass is 327 g/mol. The molecule has 2 aromatic rings. The minimum atomic E-state index is -0.337. The van der Waals surface area contributed by atoms with Crippen LogP contribution in [0, 0.1) is 8.99 Å². The molecular weight excluding hydrogens is 313 g/mol. The number of ketones is 1. The number of Topliss-reactive ketones (excluding diaryl/α,β-unsaturated/α-hetero) is 1. The molecule has 16 heavy (non-hydrogen) atoms. The van der Waals surface area contributed by atoms with E-state index in [1.807, 2.05) is 45.2 Å². The van der Waals surface area contributed by atoms with Gasteiger partial charge in [-0.05, 0) is 40.8 Å². The molecule has 0 unspecified atom stereocenters. The Bertz CT molecular complexity index is 549. The Morgan fingerprint density at radius 2 is 2.00 bits per heavy atom. The maximum atomic E-state index is 12.2. The van der Waals surface area contributed by atoms with Crippen LogP contribution in [0.25, 0.3) is 10.9 Å². The Morgan fingerprint density at radius 1 is 1.31 bits per heavy atom. The lowest BCUT2D eigenvalue weighted by molar-refractivity contribution is 0.0860. The molecule has 0 spiro atoms. The quantitative estimate of drug-likeness (QED) is 0.623. The number of carbonyl (C=O) groups is 1. The molecule has 3 heteroatoms. The standard InChI is InChI=1S/C13H14INO/c1-13(2,3)12(16)10-7-15-11-5-4-8(14)6-9(10)11/h4-7,15H,1-3H3. The average molecular weight is 327 g/mol. The highest BCUT2D eigenvalue weighted by molar-refractivity contribution is 14.1. The average Bonchev–Trinajstić information content (AvgIpc) is 2.57. The van der Waals surface area contributed by atoms with Gasteiger partial charge < -0.3 is 4.98 Å². The molecule has 0 saturated carbocycles. The maximum absolute atomic E-state index is 12.2. The summed E-state index contributed by atoms with van der Waals surface area (Å²) in [5.74, 6) is 0.181. The van der Waals surface area contributed by atoms with Gasteiger partial charge in [0.05, 0.1) is 0 Å². The largest absolute Gasteiger partial charge is 0.360 e. The van der Waals surface area contributed by atoms with Crippen LogP contribution < -0.4 is 0 Å². The van der Waals surface area contributed by atoms with Crippen LogP contribution in [-0.4, -0.2) is 10.8 Å². The number of aromatic amines is 1. The first kappa shape index (κ1) is 11.6. The third-order valence-corrected chi connectivity index (χ3v) is 3.24. The summed E-state index contributed by atoms with van der Waals surface area (Å²) < 4.78 is 1.15. The van der Waals surface area contributed by atoms with Crippen molar-refractivity contribution in [3.63, 3.8) is 0 Å². The third-order valence-electron chi connectivity index (χ3n) is 2.57. The van der Waals surface area contributed by atoms with Gasteiger partial charge in [-0.1, -0.05) is 20.8 Å². The number of hydrogen-bond acceptors (Lipinski definition) is 1. The van der Waals surface area contributed by atoms with Crippen molar-refractivity contribution in [2.75, 3.05) is 0 Å². The number of aromatic nitrogens is 1. The molecule has 1 N–H and O–H groups in total. The van der Waals surface area contributed by atoms with Gasteiger partial charge in [-0.2, -0.15) is 0 Å². The van der Waals surface area contributed by atoms with Crippen molar-refractivity contribution in [2.24, 2.45) is 5.41 Å². The minimum Gasteiger partial charge on any atom is -0.360 e. The highest BCUT2D eigenvalue weighted by Crippen LogP contribution is 2.27. The van der Waals surface area contributed by atoms with Crippen LogP contribution in [-0.2, 0) is 0 Å². The number of hydrogen-bond donors (Lipinski definition) is 1. The lowest BCUT2D eigenvalue weighted by atomic mass is 9.86. The van der Waals surface area contributed by atoms with Crippen molar-refractivity contribution in [3.8, 4) is 0 Å². The van der Waals surface area contributed by atoms with E-state index < -0.39 is 0 Å². The minimum absolute atomic E-state index is 0.181. The first-order chi connectivity index (χ1) is 7.39. The predicted octanol–water partition coefficient (Wildman–Crippen LogP) is 4.00. The van der Waals surface area contributed by atoms with E-state index in [0.717, 1.165) is 20.0 Å². The zero-order valence-electron chi connectivity index (χ0n) is 9.60. The van der Waals surface area contributed by atoms with Gasteiger partial charge in [-0.3, -0.25) is 4.79 Å². The van der Waals surface area contributed by atoms with E-state index in [9.17, 15) is 4.79 Å². The number of carbonyl (C=O) groups excluding carboxylic acids is 1. The molecule has 0 atom stereocenters. The van der Waals surface area contributed by atoms with Crippen LogP contribution in [0.5, 0.6) is 0 Å². The summed E-state index contributed by atoms with van der Waals surface area (Å²) in [5, 5.41) is 1.02. The van der Waals surface area contributed by atoms with Crippen molar-refractivity contribution in [3.05, 3.63) is 33.5 Å². The van der Waals surface area contributed by atoms with E-state index in [1.54, 1.807) is 0 Å². The normalized spacial score (nSPS) is 12.0. The van der Waals surface area contributed by atoms with Gasteiger partial charge in [0.25, 0.3) is 0 Å². The molecule has 1 heterocycles. The van der Waals surface area contributed by atoms with Gasteiger partial charge in [0.2, 0.25) is 0 Å². The maximum Gasteiger partial charge on any atom is 0.170 e. The van der Waals surface area contributed by atoms with Crippen LogP contribution in [0.15, 0.2) is 24.4 Å². The Hall–Kier alpha value is -0.840. The van der Waals surface area contributed by atoms with Crippen molar-refractivity contribution in [2.45, 2.75) is 20.8 Å². The fraction of sp³-hybridized carbons (Fsp3) is 0.308. The van der Waals surface area contributed by atoms with Gasteiger partial charge >= 0.3 is 0 Å². The summed E-state index contributed by atoms with van der Waals surface area (Å²) >= 11 is 2.26. The van der Waals surface area contributed by atoms with Crippen molar-refractivity contribution < 1.29 is 4.79 Å². The fourth-order valence-electron chi connectivity index (χ4n) is 1.68. The zero-order chi connectivity index (χ0) is 11.9. The number of halogens is 1. The highest BCUT2D eigenvalue weighted by Gasteiger charge is 2.25. The van der Waals surface area contributed by atoms with E-state index in [4.69, 9.17) is 0 Å². The fourth-order valence-corrected chi connectivity index (χ4v) is 2.18. The SMILES string of the molecule is CC(C)(C)C(=O)c1c[nH]c2ccc(I)cc12. The second-order valence-corrected chi connectivity index (χ2v) is 6.22. The molecule has 2 nitrogen and oxygen atoms in total. The Balaban J connectivity index is 2.62. The molecule has 1 aromatic heterocycles. The predicted molar refractivity (Wildman–Crippen MR) is 74.8 cm³/mol. The van der Waals surface area contributed by atoms with E-state index in [0.29, 0.717) is 0 Å². The molecule has 1 aromatic carbocycles.